The van der Waals surface area contributed by atoms with E-state index >= 15 is 0 Å². The molecule has 0 radical (unpaired) electrons. The second-order valence-electron chi connectivity index (χ2n) is 5.42. The quantitative estimate of drug-likeness (QED) is 0.835. The molecule has 1 aromatic rings. The lowest BCUT2D eigenvalue weighted by Crippen LogP contribution is -2.37. The highest BCUT2D eigenvalue weighted by molar-refractivity contribution is 5.30. The highest BCUT2D eigenvalue weighted by Gasteiger charge is 2.30. The van der Waals surface area contributed by atoms with E-state index < -0.39 is 11.7 Å². The number of ether oxygens (including phenoxy) is 1. The van der Waals surface area contributed by atoms with Crippen molar-refractivity contribution in [3.63, 3.8) is 0 Å². The van der Waals surface area contributed by atoms with Crippen LogP contribution in [0.1, 0.15) is 25.3 Å². The van der Waals surface area contributed by atoms with Crippen molar-refractivity contribution in [3.05, 3.63) is 29.8 Å². The summed E-state index contributed by atoms with van der Waals surface area (Å²) in [6, 6.07) is 5.05. The Morgan fingerprint density at radius 2 is 2.15 bits per heavy atom. The average Bonchev–Trinajstić information content (AvgIpc) is 2.38. The molecule has 20 heavy (non-hydrogen) atoms. The van der Waals surface area contributed by atoms with E-state index in [2.05, 4.69) is 11.8 Å². The largest absolute Gasteiger partial charge is 0.492 e. The first-order chi connectivity index (χ1) is 9.45. The van der Waals surface area contributed by atoms with Crippen LogP contribution >= 0.6 is 0 Å². The molecule has 1 fully saturated rings. The van der Waals surface area contributed by atoms with E-state index in [1.807, 2.05) is 0 Å². The van der Waals surface area contributed by atoms with Gasteiger partial charge in [-0.3, -0.25) is 4.90 Å². The lowest BCUT2D eigenvalue weighted by atomic mass is 10.0. The van der Waals surface area contributed by atoms with Gasteiger partial charge in [0.05, 0.1) is 5.56 Å². The Balaban J connectivity index is 1.82. The van der Waals surface area contributed by atoms with Gasteiger partial charge in [-0.05, 0) is 43.5 Å². The smallest absolute Gasteiger partial charge is 0.416 e. The number of hydrogen-bond acceptors (Lipinski definition) is 2. The van der Waals surface area contributed by atoms with Gasteiger partial charge in [0.2, 0.25) is 0 Å². The minimum absolute atomic E-state index is 0.282. The van der Waals surface area contributed by atoms with Crippen molar-refractivity contribution in [2.24, 2.45) is 5.92 Å². The van der Waals surface area contributed by atoms with Gasteiger partial charge in [0.1, 0.15) is 12.4 Å². The molecule has 0 aromatic heterocycles. The van der Waals surface area contributed by atoms with Crippen molar-refractivity contribution in [1.29, 1.82) is 0 Å². The van der Waals surface area contributed by atoms with Gasteiger partial charge in [0.15, 0.2) is 0 Å². The van der Waals surface area contributed by atoms with Crippen molar-refractivity contribution in [2.45, 2.75) is 25.9 Å². The predicted octanol–water partition coefficient (Wildman–Crippen LogP) is 3.82. The van der Waals surface area contributed by atoms with Crippen molar-refractivity contribution >= 4 is 0 Å². The summed E-state index contributed by atoms with van der Waals surface area (Å²) in [6.45, 7) is 5.51. The maximum Gasteiger partial charge on any atom is 0.416 e. The summed E-state index contributed by atoms with van der Waals surface area (Å²) in [6.07, 6.45) is -1.88. The Morgan fingerprint density at radius 3 is 2.85 bits per heavy atom. The first-order valence-corrected chi connectivity index (χ1v) is 6.97. The molecule has 1 aromatic carbocycles. The van der Waals surface area contributed by atoms with Crippen LogP contribution < -0.4 is 4.74 Å². The van der Waals surface area contributed by atoms with Crippen LogP contribution in [0.4, 0.5) is 13.2 Å². The van der Waals surface area contributed by atoms with Gasteiger partial charge >= 0.3 is 6.18 Å². The number of alkyl halides is 3. The summed E-state index contributed by atoms with van der Waals surface area (Å²) < 4.78 is 43.1. The van der Waals surface area contributed by atoms with Gasteiger partial charge in [0, 0.05) is 13.1 Å². The van der Waals surface area contributed by atoms with Gasteiger partial charge in [0.25, 0.3) is 0 Å². The first kappa shape index (κ1) is 15.2. The highest BCUT2D eigenvalue weighted by Crippen LogP contribution is 2.31. The molecule has 0 saturated carbocycles. The molecule has 2 rings (SSSR count). The molecule has 1 saturated heterocycles. The Morgan fingerprint density at radius 1 is 1.35 bits per heavy atom. The lowest BCUT2D eigenvalue weighted by Gasteiger charge is -2.30. The summed E-state index contributed by atoms with van der Waals surface area (Å²) in [5.41, 5.74) is -0.665. The fourth-order valence-electron chi connectivity index (χ4n) is 2.54. The molecule has 1 atom stereocenters. The van der Waals surface area contributed by atoms with Crippen LogP contribution in [0.3, 0.4) is 0 Å². The molecule has 0 spiro atoms. The first-order valence-electron chi connectivity index (χ1n) is 6.97. The van der Waals surface area contributed by atoms with Crippen LogP contribution in [0.15, 0.2) is 24.3 Å². The van der Waals surface area contributed by atoms with Crippen LogP contribution in [-0.2, 0) is 6.18 Å². The van der Waals surface area contributed by atoms with Crippen molar-refractivity contribution in [3.8, 4) is 5.75 Å². The van der Waals surface area contributed by atoms with Crippen LogP contribution in [0.25, 0.3) is 0 Å². The van der Waals surface area contributed by atoms with E-state index in [1.54, 1.807) is 6.07 Å². The fraction of sp³-hybridized carbons (Fsp3) is 0.600. The molecule has 0 N–H and O–H groups in total. The fourth-order valence-corrected chi connectivity index (χ4v) is 2.54. The zero-order valence-electron chi connectivity index (χ0n) is 11.6. The van der Waals surface area contributed by atoms with Crippen molar-refractivity contribution < 1.29 is 17.9 Å². The van der Waals surface area contributed by atoms with E-state index in [1.165, 1.54) is 18.9 Å². The monoisotopic (exact) mass is 287 g/mol. The Kier molecular flexibility index (Phi) is 4.91. The molecule has 112 valence electrons. The number of rotatable bonds is 4. The molecule has 5 heteroatoms. The van der Waals surface area contributed by atoms with Gasteiger partial charge in [-0.25, -0.2) is 0 Å². The van der Waals surface area contributed by atoms with Crippen LogP contribution in [0, 0.1) is 5.92 Å². The van der Waals surface area contributed by atoms with Crippen LogP contribution in [0.2, 0.25) is 0 Å². The standard InChI is InChI=1S/C15H20F3NO/c1-12-4-3-7-19(11-12)8-9-20-14-6-2-5-13(10-14)15(16,17)18/h2,5-6,10,12H,3-4,7-9,11H2,1H3/t12-/m0/s1. The maximum atomic E-state index is 12.6. The van der Waals surface area contributed by atoms with E-state index in [4.69, 9.17) is 4.74 Å². The molecule has 0 aliphatic carbocycles. The zero-order valence-corrected chi connectivity index (χ0v) is 11.6. The zero-order chi connectivity index (χ0) is 14.6. The molecule has 1 aliphatic rings. The Labute approximate surface area is 117 Å². The third-order valence-electron chi connectivity index (χ3n) is 3.58. The number of halogens is 3. The van der Waals surface area contributed by atoms with Gasteiger partial charge in [-0.2, -0.15) is 13.2 Å². The number of piperidine rings is 1. The number of likely N-dealkylation sites (tertiary alicyclic amines) is 1. The van der Waals surface area contributed by atoms with Crippen LogP contribution in [0.5, 0.6) is 5.75 Å². The van der Waals surface area contributed by atoms with Crippen molar-refractivity contribution in [2.75, 3.05) is 26.2 Å². The topological polar surface area (TPSA) is 12.5 Å². The molecule has 1 aliphatic heterocycles. The van der Waals surface area contributed by atoms with E-state index in [0.717, 1.165) is 31.8 Å². The molecule has 0 amide bonds. The highest BCUT2D eigenvalue weighted by atomic mass is 19.4. The minimum Gasteiger partial charge on any atom is -0.492 e. The van der Waals surface area contributed by atoms with Gasteiger partial charge in [-0.1, -0.05) is 13.0 Å². The Hall–Kier alpha value is -1.23. The molecule has 0 bridgehead atoms. The normalized spacial score (nSPS) is 20.9. The molecule has 1 heterocycles. The van der Waals surface area contributed by atoms with Crippen molar-refractivity contribution in [1.82, 2.24) is 4.90 Å². The maximum absolute atomic E-state index is 12.6. The van der Waals surface area contributed by atoms with E-state index in [9.17, 15) is 13.2 Å². The molecule has 0 unspecified atom stereocenters. The SMILES string of the molecule is C[C@H]1CCCN(CCOc2cccc(C(F)(F)F)c2)C1. The summed E-state index contributed by atoms with van der Waals surface area (Å²) in [5, 5.41) is 0. The van der Waals surface area contributed by atoms with Gasteiger partial charge < -0.3 is 4.74 Å². The summed E-state index contributed by atoms with van der Waals surface area (Å²) in [4.78, 5) is 2.31. The number of hydrogen-bond donors (Lipinski definition) is 0. The number of benzene rings is 1. The lowest BCUT2D eigenvalue weighted by molar-refractivity contribution is -0.137. The third kappa shape index (κ3) is 4.40. The minimum atomic E-state index is -4.32. The predicted molar refractivity (Wildman–Crippen MR) is 71.8 cm³/mol. The average molecular weight is 287 g/mol. The van der Waals surface area contributed by atoms with Crippen LogP contribution in [-0.4, -0.2) is 31.1 Å². The third-order valence-corrected chi connectivity index (χ3v) is 3.58. The van der Waals surface area contributed by atoms with E-state index in [0.29, 0.717) is 12.5 Å². The summed E-state index contributed by atoms with van der Waals surface area (Å²) in [7, 11) is 0. The molecular formula is C15H20F3NO. The van der Waals surface area contributed by atoms with E-state index in [-0.39, 0.29) is 5.75 Å². The van der Waals surface area contributed by atoms with Gasteiger partial charge in [-0.15, -0.1) is 0 Å². The molecule has 2 nitrogen and oxygen atoms in total. The second-order valence-corrected chi connectivity index (χ2v) is 5.42. The summed E-state index contributed by atoms with van der Waals surface area (Å²) >= 11 is 0. The molecular weight excluding hydrogens is 267 g/mol. The summed E-state index contributed by atoms with van der Waals surface area (Å²) in [5.74, 6) is 0.974. The second kappa shape index (κ2) is 6.48. The Bertz CT molecular complexity index is 433. The number of nitrogens with zero attached hydrogens (tertiary/aromatic N) is 1.